The summed E-state index contributed by atoms with van der Waals surface area (Å²) in [6.07, 6.45) is 8.97. The zero-order valence-electron chi connectivity index (χ0n) is 19.4. The van der Waals surface area contributed by atoms with Gasteiger partial charge in [-0.15, -0.1) is 0 Å². The molecule has 1 aromatic carbocycles. The molecule has 0 fully saturated rings. The topological polar surface area (TPSA) is 65.2 Å². The molecule has 5 nitrogen and oxygen atoms in total. The number of aliphatic hydroxyl groups is 1. The number of rotatable bonds is 8. The first-order valence-electron chi connectivity index (χ1n) is 11.5. The molecule has 0 saturated carbocycles. The molecule has 2 unspecified atom stereocenters. The Morgan fingerprint density at radius 2 is 2.10 bits per heavy atom. The van der Waals surface area contributed by atoms with Gasteiger partial charge < -0.3 is 15.2 Å². The van der Waals surface area contributed by atoms with Crippen LogP contribution in [-0.4, -0.2) is 17.7 Å². The maximum Gasteiger partial charge on any atom is 0.293 e. The van der Waals surface area contributed by atoms with E-state index in [2.05, 4.69) is 44.4 Å². The van der Waals surface area contributed by atoms with Gasteiger partial charge in [-0.2, -0.15) is 4.20 Å². The van der Waals surface area contributed by atoms with Gasteiger partial charge in [-0.25, -0.2) is 4.99 Å². The summed E-state index contributed by atoms with van der Waals surface area (Å²) in [5.41, 5.74) is 3.70. The normalized spacial score (nSPS) is 20.3. The number of aryl methyl sites for hydroxylation is 2. The van der Waals surface area contributed by atoms with E-state index >= 15 is 0 Å². The van der Waals surface area contributed by atoms with Crippen molar-refractivity contribution in [1.29, 1.82) is 0 Å². The average Bonchev–Trinajstić information content (AvgIpc) is 3.29. The largest absolute Gasteiger partial charge is 0.495 e. The molecule has 0 bridgehead atoms. The molecule has 3 heterocycles. The van der Waals surface area contributed by atoms with Crippen molar-refractivity contribution in [3.05, 3.63) is 52.1 Å². The van der Waals surface area contributed by atoms with Crippen molar-refractivity contribution in [2.45, 2.75) is 84.3 Å². The van der Waals surface area contributed by atoms with Gasteiger partial charge in [-0.05, 0) is 56.7 Å². The third-order valence-corrected chi connectivity index (χ3v) is 8.24. The van der Waals surface area contributed by atoms with Crippen molar-refractivity contribution in [3.63, 3.8) is 0 Å². The number of anilines is 1. The van der Waals surface area contributed by atoms with E-state index in [1.165, 1.54) is 41.6 Å². The molecule has 0 aliphatic carbocycles. The molecule has 0 saturated heterocycles. The summed E-state index contributed by atoms with van der Waals surface area (Å²) >= 11 is 0. The smallest absolute Gasteiger partial charge is 0.293 e. The fraction of sp³-hybridized carbons (Fsp3) is 0.560. The van der Waals surface area contributed by atoms with Crippen LogP contribution in [0.2, 0.25) is 0 Å². The molecule has 31 heavy (non-hydrogen) atoms. The lowest BCUT2D eigenvalue weighted by Gasteiger charge is -2.37. The molecule has 2 aliphatic heterocycles. The van der Waals surface area contributed by atoms with E-state index in [9.17, 15) is 5.11 Å². The molecule has 4 rings (SSSR count). The number of unbranched alkanes of at least 4 members (excludes halogenated alkanes) is 2. The van der Waals surface area contributed by atoms with E-state index in [4.69, 9.17) is 13.9 Å². The second-order valence-electron chi connectivity index (χ2n) is 9.34. The van der Waals surface area contributed by atoms with Crippen molar-refractivity contribution in [2.24, 2.45) is 4.99 Å². The predicted molar refractivity (Wildman–Crippen MR) is 128 cm³/mol. The number of aliphatic imine (C=N–C) groups is 1. The highest BCUT2D eigenvalue weighted by atomic mass is 31.1. The number of ether oxygens (including phenoxy) is 1. The molecule has 2 atom stereocenters. The minimum atomic E-state index is -0.980. The third-order valence-electron chi connectivity index (χ3n) is 6.22. The number of hydrogen-bond donors (Lipinski definition) is 2. The number of amidine groups is 1. The zero-order valence-corrected chi connectivity index (χ0v) is 20.3. The second-order valence-corrected chi connectivity index (χ2v) is 10.9. The monoisotopic (exact) mass is 442 g/mol. The van der Waals surface area contributed by atoms with Gasteiger partial charge in [-0.3, -0.25) is 0 Å². The molecular weight excluding hydrogens is 407 g/mol. The Balaban J connectivity index is 1.55. The van der Waals surface area contributed by atoms with Gasteiger partial charge in [0.2, 0.25) is 0 Å². The lowest BCUT2D eigenvalue weighted by atomic mass is 9.95. The highest BCUT2D eigenvalue weighted by Crippen LogP contribution is 2.63. The lowest BCUT2D eigenvalue weighted by molar-refractivity contribution is 0.0582. The van der Waals surface area contributed by atoms with Crippen molar-refractivity contribution < 1.29 is 14.0 Å². The van der Waals surface area contributed by atoms with Crippen molar-refractivity contribution in [1.82, 2.24) is 0 Å². The maximum absolute atomic E-state index is 10.3. The Morgan fingerprint density at radius 1 is 1.29 bits per heavy atom. The molecule has 2 aliphatic rings. The van der Waals surface area contributed by atoms with E-state index in [1.807, 2.05) is 6.07 Å². The van der Waals surface area contributed by atoms with Gasteiger partial charge in [-0.1, -0.05) is 51.3 Å². The predicted octanol–water partition coefficient (Wildman–Crippen LogP) is 6.49. The Bertz CT molecular complexity index is 989. The van der Waals surface area contributed by atoms with Crippen molar-refractivity contribution in [2.75, 3.05) is 11.9 Å². The van der Waals surface area contributed by atoms with Crippen LogP contribution in [0.25, 0.3) is 0 Å². The van der Waals surface area contributed by atoms with Crippen LogP contribution >= 0.6 is 7.77 Å². The third kappa shape index (κ3) is 4.27. The van der Waals surface area contributed by atoms with Gasteiger partial charge in [0, 0.05) is 11.8 Å². The zero-order chi connectivity index (χ0) is 22.2. The fourth-order valence-corrected chi connectivity index (χ4v) is 6.38. The molecule has 0 amide bonds. The Kier molecular flexibility index (Phi) is 6.20. The average molecular weight is 443 g/mol. The fourth-order valence-electron chi connectivity index (χ4n) is 4.35. The molecule has 1 spiro atoms. The highest BCUT2D eigenvalue weighted by molar-refractivity contribution is 7.49. The highest BCUT2D eigenvalue weighted by Gasteiger charge is 2.52. The van der Waals surface area contributed by atoms with Crippen LogP contribution in [0.3, 0.4) is 0 Å². The Morgan fingerprint density at radius 3 is 2.81 bits per heavy atom. The van der Waals surface area contributed by atoms with Gasteiger partial charge in [0.15, 0.2) is 0 Å². The van der Waals surface area contributed by atoms with Crippen LogP contribution in [0.5, 0.6) is 0 Å². The standard InChI is InChI=1S/C25H35N2O3P/c1-6-8-9-11-18-13-12-17(3)19(10-7-2)22(18)27-23-26-15-25(29-23)16-31-21(25)14-20(30-31)24(4,5)28/h12-14,16,28H,6-11,15H2,1-5H3,(H,26,27). The summed E-state index contributed by atoms with van der Waals surface area (Å²) in [6.45, 7) is 10.7. The van der Waals surface area contributed by atoms with E-state index < -0.39 is 19.0 Å². The first-order valence-corrected chi connectivity index (χ1v) is 12.9. The first kappa shape index (κ1) is 22.4. The minimum absolute atomic E-state index is 0.516. The van der Waals surface area contributed by atoms with Gasteiger partial charge in [0.25, 0.3) is 19.6 Å². The van der Waals surface area contributed by atoms with Gasteiger partial charge >= 0.3 is 0 Å². The minimum Gasteiger partial charge on any atom is -0.495 e. The van der Waals surface area contributed by atoms with Gasteiger partial charge in [0.1, 0.15) is 5.60 Å². The van der Waals surface area contributed by atoms with Crippen LogP contribution in [0.1, 0.15) is 81.1 Å². The summed E-state index contributed by atoms with van der Waals surface area (Å²) in [7, 11) is -0.808. The van der Waals surface area contributed by atoms with Crippen molar-refractivity contribution >= 4 is 19.5 Å². The summed E-state index contributed by atoms with van der Waals surface area (Å²) in [4.78, 5) is 4.72. The number of benzene rings is 1. The van der Waals surface area contributed by atoms with E-state index in [0.29, 0.717) is 18.3 Å². The molecule has 6 heteroatoms. The molecule has 2 aromatic rings. The molecule has 168 valence electrons. The first-order chi connectivity index (χ1) is 14.8. The van der Waals surface area contributed by atoms with Crippen LogP contribution in [0.15, 0.2) is 27.4 Å². The van der Waals surface area contributed by atoms with Gasteiger partial charge in [0.05, 0.1) is 17.4 Å². The van der Waals surface area contributed by atoms with E-state index in [-0.39, 0.29) is 0 Å². The maximum atomic E-state index is 10.3. The summed E-state index contributed by atoms with van der Waals surface area (Å²) < 4.78 is 12.3. The summed E-state index contributed by atoms with van der Waals surface area (Å²) in [6, 6.07) is 7.06. The van der Waals surface area contributed by atoms with Crippen LogP contribution in [0.4, 0.5) is 5.69 Å². The van der Waals surface area contributed by atoms with Crippen LogP contribution in [-0.2, 0) is 28.8 Å². The lowest BCUT2D eigenvalue weighted by Crippen LogP contribution is -2.35. The quantitative estimate of drug-likeness (QED) is 0.279. The second kappa shape index (κ2) is 8.60. The van der Waals surface area contributed by atoms with E-state index in [1.54, 1.807) is 13.8 Å². The summed E-state index contributed by atoms with van der Waals surface area (Å²) in [5.74, 6) is 0.619. The number of hydrogen-bond acceptors (Lipinski definition) is 4. The summed E-state index contributed by atoms with van der Waals surface area (Å²) in [5, 5.41) is 15.0. The molecular formula is C25H35N2O3P. The Hall–Kier alpha value is -1.84. The molecule has 1 aromatic heterocycles. The number of nitrogens with zero attached hydrogens (tertiary/aromatic N) is 1. The van der Waals surface area contributed by atoms with E-state index in [0.717, 1.165) is 24.6 Å². The Labute approximate surface area is 187 Å². The SMILES string of the molecule is CCCCCc1ccc(C)c(CCC)c1NC1=NCC2([CH-][p+]3[o+][c-](C(C)(C)O)cc32)O1. The number of nitrogens with one attached hydrogen (secondary N) is 1. The number of fused-ring (bicyclic) bond motifs is 2. The van der Waals surface area contributed by atoms with Crippen LogP contribution in [0, 0.1) is 13.1 Å². The molecule has 2 N–H and O–H groups in total. The van der Waals surface area contributed by atoms with Crippen molar-refractivity contribution in [3.8, 4) is 0 Å². The van der Waals surface area contributed by atoms with Crippen LogP contribution < -0.4 is 5.32 Å². The molecule has 0 radical (unpaired) electrons.